The fourth-order valence-electron chi connectivity index (χ4n) is 9.22. The number of carbonyl (C=O) groups excluding carboxylic acids is 3. The van der Waals surface area contributed by atoms with E-state index in [9.17, 15) is 19.6 Å². The van der Waals surface area contributed by atoms with Gasteiger partial charge >= 0.3 is 12.1 Å². The lowest BCUT2D eigenvalue weighted by molar-refractivity contribution is -0.0167. The van der Waals surface area contributed by atoms with Crippen molar-refractivity contribution in [3.05, 3.63) is 89.1 Å². The van der Waals surface area contributed by atoms with Gasteiger partial charge in [-0.2, -0.15) is 15.2 Å². The topological polar surface area (TPSA) is 172 Å². The van der Waals surface area contributed by atoms with Crippen LogP contribution in [0.3, 0.4) is 0 Å². The first-order valence-electron chi connectivity index (χ1n) is 23.3. The first-order valence-corrected chi connectivity index (χ1v) is 23.3. The van der Waals surface area contributed by atoms with Gasteiger partial charge in [-0.25, -0.2) is 4.79 Å². The van der Waals surface area contributed by atoms with Crippen LogP contribution < -0.4 is 14.5 Å². The predicted octanol–water partition coefficient (Wildman–Crippen LogP) is 5.35. The second kappa shape index (κ2) is 21.8. The number of fused-ring (bicyclic) bond motifs is 3. The molecular weight excluding hydrogens is 857 g/mol. The lowest BCUT2D eigenvalue weighted by atomic mass is 10.0. The summed E-state index contributed by atoms with van der Waals surface area (Å²) in [5, 5.41) is 12.2. The zero-order valence-electron chi connectivity index (χ0n) is 39.1. The molecule has 17 heteroatoms. The van der Waals surface area contributed by atoms with Gasteiger partial charge in [-0.05, 0) is 64.2 Å². The van der Waals surface area contributed by atoms with Gasteiger partial charge in [-0.15, -0.1) is 0 Å². The number of nitrogens with zero attached hydrogens (tertiary/aromatic N) is 8. The van der Waals surface area contributed by atoms with Crippen molar-refractivity contribution in [2.75, 3.05) is 109 Å². The highest BCUT2D eigenvalue weighted by molar-refractivity contribution is 6.21. The molecule has 67 heavy (non-hydrogen) atoms. The highest BCUT2D eigenvalue weighted by atomic mass is 16.6. The Morgan fingerprint density at radius 3 is 2.21 bits per heavy atom. The van der Waals surface area contributed by atoms with E-state index in [0.29, 0.717) is 89.6 Å². The van der Waals surface area contributed by atoms with E-state index in [1.807, 2.05) is 20.8 Å². The second-order valence-corrected chi connectivity index (χ2v) is 18.3. The summed E-state index contributed by atoms with van der Waals surface area (Å²) in [7, 11) is 2.07. The van der Waals surface area contributed by atoms with Crippen molar-refractivity contribution in [1.29, 1.82) is 5.26 Å². The lowest BCUT2D eigenvalue weighted by Gasteiger charge is -2.42. The van der Waals surface area contributed by atoms with E-state index >= 15 is 0 Å². The molecule has 1 aromatic heterocycles. The van der Waals surface area contributed by atoms with E-state index in [0.717, 1.165) is 48.7 Å². The quantitative estimate of drug-likeness (QED) is 0.0871. The summed E-state index contributed by atoms with van der Waals surface area (Å²) in [4.78, 5) is 58.1. The number of nitriles is 1. The number of likely N-dealkylation sites (N-methyl/N-ethyl adjacent to an activating group) is 1. The number of benzene rings is 3. The number of hydrogen-bond acceptors (Lipinski definition) is 15. The number of likely N-dealkylation sites (tertiary alicyclic amines) is 1. The van der Waals surface area contributed by atoms with Crippen molar-refractivity contribution < 1.29 is 42.8 Å². The molecule has 17 nitrogen and oxygen atoms in total. The zero-order chi connectivity index (χ0) is 46.9. The van der Waals surface area contributed by atoms with E-state index in [1.54, 1.807) is 29.2 Å². The van der Waals surface area contributed by atoms with Crippen LogP contribution in [0.5, 0.6) is 6.01 Å². The van der Waals surface area contributed by atoms with Crippen LogP contribution in [0.15, 0.2) is 66.7 Å². The molecule has 5 heterocycles. The summed E-state index contributed by atoms with van der Waals surface area (Å²) in [6.07, 6.45) is 1.28. The monoisotopic (exact) mass is 918 g/mol. The maximum absolute atomic E-state index is 13.3. The van der Waals surface area contributed by atoms with Crippen LogP contribution in [0.1, 0.15) is 65.6 Å². The minimum atomic E-state index is -0.650. The Kier molecular flexibility index (Phi) is 15.5. The van der Waals surface area contributed by atoms with Crippen LogP contribution in [0.4, 0.5) is 16.3 Å². The van der Waals surface area contributed by atoms with Crippen LogP contribution in [0.2, 0.25) is 0 Å². The minimum absolute atomic E-state index is 0.0171. The molecule has 3 aromatic carbocycles. The molecule has 0 unspecified atom stereocenters. The SMILES string of the molecule is CN1C[C@H](OCCOCCOCCOCCN2C(=O)c3ccccc3C2=O)C[C@H]1COc1nc2c(c(N3CCN(C(=O)OC(C)(C)C)[C@@H](CC#N)C3)n1)CCN(c1cccc3ccccc13)C2. The van der Waals surface area contributed by atoms with Crippen LogP contribution in [0, 0.1) is 11.3 Å². The number of hydrogen-bond donors (Lipinski definition) is 0. The normalized spacial score (nSPS) is 19.8. The molecule has 0 saturated carbocycles. The molecule has 0 aliphatic carbocycles. The number of imide groups is 1. The van der Waals surface area contributed by atoms with Crippen molar-refractivity contribution >= 4 is 40.2 Å². The highest BCUT2D eigenvalue weighted by Gasteiger charge is 2.37. The molecule has 3 amide bonds. The fourth-order valence-corrected chi connectivity index (χ4v) is 9.22. The summed E-state index contributed by atoms with van der Waals surface area (Å²) >= 11 is 0. The van der Waals surface area contributed by atoms with Crippen molar-refractivity contribution in [2.45, 2.75) is 70.4 Å². The van der Waals surface area contributed by atoms with Gasteiger partial charge in [-0.1, -0.05) is 48.5 Å². The molecule has 2 saturated heterocycles. The number of ether oxygens (including phenoxy) is 6. The van der Waals surface area contributed by atoms with E-state index in [-0.39, 0.29) is 49.6 Å². The predicted molar refractivity (Wildman–Crippen MR) is 250 cm³/mol. The number of amides is 3. The molecule has 356 valence electrons. The molecule has 4 aromatic rings. The third kappa shape index (κ3) is 11.6. The van der Waals surface area contributed by atoms with E-state index in [2.05, 4.69) is 70.3 Å². The third-order valence-corrected chi connectivity index (χ3v) is 12.6. The van der Waals surface area contributed by atoms with Gasteiger partial charge in [0.05, 0.1) is 101 Å². The van der Waals surface area contributed by atoms with Crippen molar-refractivity contribution in [2.24, 2.45) is 0 Å². The molecule has 4 aliphatic heterocycles. The number of rotatable bonds is 19. The molecule has 2 fully saturated rings. The Labute approximate surface area is 392 Å². The molecule has 0 bridgehead atoms. The summed E-state index contributed by atoms with van der Waals surface area (Å²) in [6.45, 7) is 12.3. The van der Waals surface area contributed by atoms with Crippen LogP contribution in [0.25, 0.3) is 10.8 Å². The van der Waals surface area contributed by atoms with Crippen molar-refractivity contribution in [3.8, 4) is 12.1 Å². The molecule has 4 aliphatic rings. The van der Waals surface area contributed by atoms with Gasteiger partial charge in [0.1, 0.15) is 18.0 Å². The number of piperazine rings is 1. The van der Waals surface area contributed by atoms with Crippen LogP contribution in [-0.4, -0.2) is 166 Å². The molecular formula is C50H62N8O9. The van der Waals surface area contributed by atoms with E-state index in [4.69, 9.17) is 38.4 Å². The Morgan fingerprint density at radius 1 is 0.791 bits per heavy atom. The van der Waals surface area contributed by atoms with Gasteiger partial charge in [-0.3, -0.25) is 19.4 Å². The summed E-state index contributed by atoms with van der Waals surface area (Å²) in [6, 6.07) is 24.0. The summed E-state index contributed by atoms with van der Waals surface area (Å²) < 4.78 is 35.4. The molecule has 0 radical (unpaired) electrons. The first-order chi connectivity index (χ1) is 32.5. The van der Waals surface area contributed by atoms with Gasteiger partial charge < -0.3 is 43.1 Å². The maximum Gasteiger partial charge on any atom is 0.410 e. The van der Waals surface area contributed by atoms with E-state index < -0.39 is 11.7 Å². The maximum atomic E-state index is 13.3. The molecule has 0 spiro atoms. The van der Waals surface area contributed by atoms with Gasteiger partial charge in [0.25, 0.3) is 11.8 Å². The fraction of sp³-hybridized carbons (Fsp3) is 0.520. The van der Waals surface area contributed by atoms with Gasteiger partial charge in [0.15, 0.2) is 0 Å². The Balaban J connectivity index is 0.808. The second-order valence-electron chi connectivity index (χ2n) is 18.3. The zero-order valence-corrected chi connectivity index (χ0v) is 39.1. The van der Waals surface area contributed by atoms with E-state index in [1.165, 1.54) is 15.7 Å². The molecule has 8 rings (SSSR count). The van der Waals surface area contributed by atoms with Gasteiger partial charge in [0.2, 0.25) is 0 Å². The number of anilines is 2. The van der Waals surface area contributed by atoms with Crippen LogP contribution in [-0.2, 0) is 36.6 Å². The van der Waals surface area contributed by atoms with Crippen molar-refractivity contribution in [1.82, 2.24) is 24.7 Å². The minimum Gasteiger partial charge on any atom is -0.462 e. The first kappa shape index (κ1) is 47.6. The average molecular weight is 919 g/mol. The van der Waals surface area contributed by atoms with Gasteiger partial charge in [0, 0.05) is 55.4 Å². The van der Waals surface area contributed by atoms with Crippen LogP contribution >= 0.6 is 0 Å². The number of aromatic nitrogens is 2. The molecule has 0 N–H and O–H groups in total. The Bertz CT molecular complexity index is 2380. The smallest absolute Gasteiger partial charge is 0.410 e. The highest BCUT2D eigenvalue weighted by Crippen LogP contribution is 2.35. The average Bonchev–Trinajstić information content (AvgIpc) is 3.80. The third-order valence-electron chi connectivity index (χ3n) is 12.6. The summed E-state index contributed by atoms with van der Waals surface area (Å²) in [5.74, 6) is 0.220. The molecule has 3 atom stereocenters. The summed E-state index contributed by atoms with van der Waals surface area (Å²) in [5.41, 5.74) is 3.34. The largest absolute Gasteiger partial charge is 0.462 e. The standard InChI is InChI=1S/C50H62N8O9/c1-50(2,3)67-49(61)57-21-20-56(31-36(57)16-18-51)45-42-17-19-55(44-15-9-11-35-10-5-6-12-39(35)44)33-43(42)52-48(53-45)66-34-37-30-38(32-54(37)4)65-29-28-64-27-26-63-25-24-62-23-22-58-46(59)40-13-7-8-14-41(40)47(58)60/h5-15,36-38H,16-17,19-34H2,1-4H3/t36-,37-,38+/m0/s1. The number of carbonyl (C=O) groups is 3. The van der Waals surface area contributed by atoms with Crippen molar-refractivity contribution in [3.63, 3.8) is 0 Å². The Hall–Kier alpha value is -5.90. The lowest BCUT2D eigenvalue weighted by Crippen LogP contribution is -2.56. The Morgan fingerprint density at radius 2 is 1.48 bits per heavy atom.